The molecule has 0 saturated carbocycles. The van der Waals surface area contributed by atoms with Crippen molar-refractivity contribution in [3.8, 4) is 0 Å². The smallest absolute Gasteiger partial charge is 0.0544 e. The summed E-state index contributed by atoms with van der Waals surface area (Å²) in [5, 5.41) is 0. The van der Waals surface area contributed by atoms with Crippen molar-refractivity contribution in [2.75, 3.05) is 13.1 Å². The van der Waals surface area contributed by atoms with Crippen LogP contribution in [-0.4, -0.2) is 23.0 Å². The molecule has 0 amide bonds. The molecule has 0 aromatic carbocycles. The SMILES string of the molecule is CCC1(CC)CCN(Cc2ccc(CN)cn2)CC1. The van der Waals surface area contributed by atoms with Crippen LogP contribution in [0.5, 0.6) is 0 Å². The predicted molar refractivity (Wildman–Crippen MR) is 79.7 cm³/mol. The Bertz CT molecular complexity index is 371. The average Bonchev–Trinajstić information content (AvgIpc) is 2.49. The van der Waals surface area contributed by atoms with Crippen LogP contribution in [-0.2, 0) is 13.1 Å². The molecule has 3 heteroatoms. The van der Waals surface area contributed by atoms with E-state index in [1.165, 1.54) is 38.8 Å². The van der Waals surface area contributed by atoms with Crippen LogP contribution in [0.4, 0.5) is 0 Å². The summed E-state index contributed by atoms with van der Waals surface area (Å²) in [6.07, 6.45) is 7.21. The van der Waals surface area contributed by atoms with Gasteiger partial charge in [0, 0.05) is 19.3 Å². The molecule has 0 unspecified atom stereocenters. The molecule has 1 saturated heterocycles. The predicted octanol–water partition coefficient (Wildman–Crippen LogP) is 2.94. The van der Waals surface area contributed by atoms with Crippen molar-refractivity contribution in [2.45, 2.75) is 52.6 Å². The first-order valence-electron chi connectivity index (χ1n) is 7.57. The number of nitrogens with two attached hydrogens (primary N) is 1. The first kappa shape index (κ1) is 14.5. The van der Waals surface area contributed by atoms with Gasteiger partial charge in [0.1, 0.15) is 0 Å². The van der Waals surface area contributed by atoms with Gasteiger partial charge in [-0.15, -0.1) is 0 Å². The quantitative estimate of drug-likeness (QED) is 0.886. The van der Waals surface area contributed by atoms with Gasteiger partial charge in [0.2, 0.25) is 0 Å². The molecule has 2 N–H and O–H groups in total. The third-order valence-corrected chi connectivity index (χ3v) is 4.92. The second kappa shape index (κ2) is 6.49. The van der Waals surface area contributed by atoms with E-state index in [-0.39, 0.29) is 0 Å². The highest BCUT2D eigenvalue weighted by molar-refractivity contribution is 5.13. The van der Waals surface area contributed by atoms with E-state index in [1.54, 1.807) is 0 Å². The van der Waals surface area contributed by atoms with Gasteiger partial charge in [-0.2, -0.15) is 0 Å². The topological polar surface area (TPSA) is 42.1 Å². The number of hydrogen-bond donors (Lipinski definition) is 1. The van der Waals surface area contributed by atoms with Crippen LogP contribution in [0.15, 0.2) is 18.3 Å². The molecular formula is C16H27N3. The summed E-state index contributed by atoms with van der Waals surface area (Å²) < 4.78 is 0. The summed E-state index contributed by atoms with van der Waals surface area (Å²) in [5.74, 6) is 0. The van der Waals surface area contributed by atoms with E-state index in [9.17, 15) is 0 Å². The van der Waals surface area contributed by atoms with Crippen LogP contribution >= 0.6 is 0 Å². The fraction of sp³-hybridized carbons (Fsp3) is 0.688. The summed E-state index contributed by atoms with van der Waals surface area (Å²) in [6, 6.07) is 4.21. The maximum atomic E-state index is 5.59. The fourth-order valence-electron chi connectivity index (χ4n) is 3.04. The third kappa shape index (κ3) is 3.54. The van der Waals surface area contributed by atoms with Gasteiger partial charge in [-0.3, -0.25) is 9.88 Å². The molecule has 0 spiro atoms. The lowest BCUT2D eigenvalue weighted by atomic mass is 9.74. The van der Waals surface area contributed by atoms with Gasteiger partial charge in [0.05, 0.1) is 5.69 Å². The molecular weight excluding hydrogens is 234 g/mol. The second-order valence-corrected chi connectivity index (χ2v) is 5.85. The summed E-state index contributed by atoms with van der Waals surface area (Å²) in [6.45, 7) is 8.66. The molecule has 1 aliphatic heterocycles. The van der Waals surface area contributed by atoms with Crippen molar-refractivity contribution in [2.24, 2.45) is 11.1 Å². The normalized spacial score (nSPS) is 19.5. The minimum atomic E-state index is 0.576. The lowest BCUT2D eigenvalue weighted by Crippen LogP contribution is -2.39. The molecule has 0 aliphatic carbocycles. The second-order valence-electron chi connectivity index (χ2n) is 5.85. The summed E-state index contributed by atoms with van der Waals surface area (Å²) in [4.78, 5) is 7.03. The molecule has 0 atom stereocenters. The molecule has 1 aliphatic rings. The first-order chi connectivity index (χ1) is 9.21. The number of piperidine rings is 1. The van der Waals surface area contributed by atoms with Crippen molar-refractivity contribution in [1.29, 1.82) is 0 Å². The van der Waals surface area contributed by atoms with Gasteiger partial charge in [-0.05, 0) is 43.0 Å². The monoisotopic (exact) mass is 261 g/mol. The van der Waals surface area contributed by atoms with Crippen LogP contribution in [0.3, 0.4) is 0 Å². The number of hydrogen-bond acceptors (Lipinski definition) is 3. The van der Waals surface area contributed by atoms with E-state index >= 15 is 0 Å². The highest BCUT2D eigenvalue weighted by atomic mass is 15.1. The van der Waals surface area contributed by atoms with Crippen molar-refractivity contribution >= 4 is 0 Å². The van der Waals surface area contributed by atoms with Gasteiger partial charge in [-0.1, -0.05) is 32.8 Å². The largest absolute Gasteiger partial charge is 0.326 e. The maximum Gasteiger partial charge on any atom is 0.0544 e. The molecule has 3 nitrogen and oxygen atoms in total. The standard InChI is InChI=1S/C16H27N3/c1-3-16(4-2)7-9-19(10-8-16)13-15-6-5-14(11-17)12-18-15/h5-6,12H,3-4,7-11,13,17H2,1-2H3. The first-order valence-corrected chi connectivity index (χ1v) is 7.57. The molecule has 1 aromatic rings. The van der Waals surface area contributed by atoms with Gasteiger partial charge in [0.15, 0.2) is 0 Å². The van der Waals surface area contributed by atoms with Crippen molar-refractivity contribution < 1.29 is 0 Å². The van der Waals surface area contributed by atoms with E-state index in [4.69, 9.17) is 5.73 Å². The Morgan fingerprint density at radius 2 is 1.89 bits per heavy atom. The number of pyridine rings is 1. The average molecular weight is 261 g/mol. The molecule has 2 rings (SSSR count). The van der Waals surface area contributed by atoms with E-state index < -0.39 is 0 Å². The number of aromatic nitrogens is 1. The maximum absolute atomic E-state index is 5.59. The lowest BCUT2D eigenvalue weighted by Gasteiger charge is -2.40. The van der Waals surface area contributed by atoms with Crippen LogP contribution in [0.1, 0.15) is 50.8 Å². The Morgan fingerprint density at radius 3 is 2.37 bits per heavy atom. The molecule has 0 radical (unpaired) electrons. The van der Waals surface area contributed by atoms with Gasteiger partial charge in [0.25, 0.3) is 0 Å². The number of rotatable bonds is 5. The molecule has 1 fully saturated rings. The Morgan fingerprint density at radius 1 is 1.21 bits per heavy atom. The Hall–Kier alpha value is -0.930. The zero-order valence-corrected chi connectivity index (χ0v) is 12.4. The Balaban J connectivity index is 1.88. The Kier molecular flexibility index (Phi) is 4.94. The van der Waals surface area contributed by atoms with Gasteiger partial charge < -0.3 is 5.73 Å². The van der Waals surface area contributed by atoms with E-state index in [0.717, 1.165) is 17.8 Å². The van der Waals surface area contributed by atoms with Crippen LogP contribution in [0.25, 0.3) is 0 Å². The molecule has 19 heavy (non-hydrogen) atoms. The third-order valence-electron chi connectivity index (χ3n) is 4.92. The molecule has 2 heterocycles. The van der Waals surface area contributed by atoms with Gasteiger partial charge >= 0.3 is 0 Å². The van der Waals surface area contributed by atoms with Crippen LogP contribution < -0.4 is 5.73 Å². The van der Waals surface area contributed by atoms with Crippen LogP contribution in [0.2, 0.25) is 0 Å². The Labute approximate surface area is 117 Å². The lowest BCUT2D eigenvalue weighted by molar-refractivity contribution is 0.0901. The van der Waals surface area contributed by atoms with Crippen molar-refractivity contribution in [3.05, 3.63) is 29.6 Å². The van der Waals surface area contributed by atoms with E-state index in [2.05, 4.69) is 35.9 Å². The van der Waals surface area contributed by atoms with E-state index in [0.29, 0.717) is 12.0 Å². The van der Waals surface area contributed by atoms with E-state index in [1.807, 2.05) is 6.20 Å². The van der Waals surface area contributed by atoms with Crippen LogP contribution in [0, 0.1) is 5.41 Å². The van der Waals surface area contributed by atoms with Crippen molar-refractivity contribution in [3.63, 3.8) is 0 Å². The van der Waals surface area contributed by atoms with Crippen molar-refractivity contribution in [1.82, 2.24) is 9.88 Å². The zero-order chi connectivity index (χ0) is 13.7. The minimum Gasteiger partial charge on any atom is -0.326 e. The summed E-state index contributed by atoms with van der Waals surface area (Å²) in [5.41, 5.74) is 8.47. The molecule has 106 valence electrons. The number of likely N-dealkylation sites (tertiary alicyclic amines) is 1. The summed E-state index contributed by atoms with van der Waals surface area (Å²) >= 11 is 0. The summed E-state index contributed by atoms with van der Waals surface area (Å²) in [7, 11) is 0. The molecule has 1 aromatic heterocycles. The molecule has 0 bridgehead atoms. The zero-order valence-electron chi connectivity index (χ0n) is 12.4. The minimum absolute atomic E-state index is 0.576. The fourth-order valence-corrected chi connectivity index (χ4v) is 3.04. The van der Waals surface area contributed by atoms with Gasteiger partial charge in [-0.25, -0.2) is 0 Å². The highest BCUT2D eigenvalue weighted by Crippen LogP contribution is 2.38. The number of nitrogens with zero attached hydrogens (tertiary/aromatic N) is 2. The highest BCUT2D eigenvalue weighted by Gasteiger charge is 2.31.